The fourth-order valence-electron chi connectivity index (χ4n) is 4.61. The molecule has 0 saturated heterocycles. The molecule has 1 N–H and O–H groups in total. The molecule has 0 spiro atoms. The Kier molecular flexibility index (Phi) is 12.7. The molecule has 0 saturated carbocycles. The SMILES string of the molecule is CCCNC(=O)[C@H](Cc1ccccc1)N(Cc1ccccc1Cl)C(=O)CCCN(c1ccc(OCC)cc1)S(C)(=O)=O. The van der Waals surface area contributed by atoms with E-state index in [-0.39, 0.29) is 37.7 Å². The summed E-state index contributed by atoms with van der Waals surface area (Å²) in [5, 5.41) is 3.46. The van der Waals surface area contributed by atoms with Gasteiger partial charge in [-0.3, -0.25) is 13.9 Å². The fourth-order valence-corrected chi connectivity index (χ4v) is 5.77. The maximum absolute atomic E-state index is 13.9. The predicted octanol–water partition coefficient (Wildman–Crippen LogP) is 5.45. The molecule has 1 atom stereocenters. The Balaban J connectivity index is 1.85. The molecule has 42 heavy (non-hydrogen) atoms. The van der Waals surface area contributed by atoms with Gasteiger partial charge in [0.05, 0.1) is 18.6 Å². The van der Waals surface area contributed by atoms with Crippen molar-refractivity contribution in [2.24, 2.45) is 0 Å². The molecule has 0 fully saturated rings. The number of rotatable bonds is 16. The minimum absolute atomic E-state index is 0.0415. The first-order chi connectivity index (χ1) is 20.1. The molecule has 8 nitrogen and oxygen atoms in total. The minimum atomic E-state index is -3.61. The van der Waals surface area contributed by atoms with E-state index in [4.69, 9.17) is 16.3 Å². The summed E-state index contributed by atoms with van der Waals surface area (Å²) in [5.41, 5.74) is 2.13. The number of nitrogens with one attached hydrogen (secondary N) is 1. The Morgan fingerprint density at radius 3 is 2.24 bits per heavy atom. The molecular formula is C32H40ClN3O5S. The van der Waals surface area contributed by atoms with E-state index in [1.54, 1.807) is 35.2 Å². The number of ether oxygens (including phenoxy) is 1. The van der Waals surface area contributed by atoms with Crippen LogP contribution in [0.25, 0.3) is 0 Å². The van der Waals surface area contributed by atoms with Crippen LogP contribution in [0.3, 0.4) is 0 Å². The van der Waals surface area contributed by atoms with Crippen molar-refractivity contribution >= 4 is 39.1 Å². The van der Waals surface area contributed by atoms with Gasteiger partial charge in [-0.05, 0) is 61.2 Å². The van der Waals surface area contributed by atoms with Gasteiger partial charge in [-0.25, -0.2) is 8.42 Å². The third kappa shape index (κ3) is 9.77. The highest BCUT2D eigenvalue weighted by Gasteiger charge is 2.30. The third-order valence-corrected chi connectivity index (χ3v) is 8.27. The monoisotopic (exact) mass is 613 g/mol. The Morgan fingerprint density at radius 1 is 0.952 bits per heavy atom. The zero-order valence-electron chi connectivity index (χ0n) is 24.5. The number of nitrogens with zero attached hydrogens (tertiary/aromatic N) is 2. The standard InChI is InChI=1S/C32H40ClN3O5S/c1-4-21-34-32(38)30(23-25-12-7-6-8-13-25)35(24-26-14-9-10-15-29(26)33)31(37)16-11-22-36(42(3,39)40)27-17-19-28(20-18-27)41-5-2/h6-10,12-15,17-20,30H,4-5,11,16,21-24H2,1-3H3,(H,34,38)/t30-/m0/s1. The van der Waals surface area contributed by atoms with E-state index in [1.165, 1.54) is 4.31 Å². The van der Waals surface area contributed by atoms with E-state index in [9.17, 15) is 18.0 Å². The molecule has 0 aliphatic heterocycles. The van der Waals surface area contributed by atoms with E-state index in [0.717, 1.165) is 23.8 Å². The average Bonchev–Trinajstić information content (AvgIpc) is 2.97. The second-order valence-corrected chi connectivity index (χ2v) is 12.3. The van der Waals surface area contributed by atoms with Crippen molar-refractivity contribution in [3.8, 4) is 5.75 Å². The van der Waals surface area contributed by atoms with Gasteiger partial charge < -0.3 is 15.0 Å². The van der Waals surface area contributed by atoms with Crippen LogP contribution in [0.2, 0.25) is 5.02 Å². The maximum Gasteiger partial charge on any atom is 0.243 e. The molecule has 226 valence electrons. The number of amides is 2. The van der Waals surface area contributed by atoms with Gasteiger partial charge >= 0.3 is 0 Å². The Bertz CT molecular complexity index is 1400. The molecule has 3 aromatic carbocycles. The second-order valence-electron chi connectivity index (χ2n) is 9.98. The Morgan fingerprint density at radius 2 is 1.62 bits per heavy atom. The lowest BCUT2D eigenvalue weighted by molar-refractivity contribution is -0.141. The lowest BCUT2D eigenvalue weighted by Crippen LogP contribution is -2.50. The first-order valence-corrected chi connectivity index (χ1v) is 16.4. The lowest BCUT2D eigenvalue weighted by Gasteiger charge is -2.32. The van der Waals surface area contributed by atoms with Gasteiger partial charge in [-0.1, -0.05) is 67.1 Å². The number of benzene rings is 3. The summed E-state index contributed by atoms with van der Waals surface area (Å²) >= 11 is 6.48. The molecule has 0 heterocycles. The summed E-state index contributed by atoms with van der Waals surface area (Å²) in [4.78, 5) is 28.9. The van der Waals surface area contributed by atoms with Crippen molar-refractivity contribution in [1.82, 2.24) is 10.2 Å². The number of hydrogen-bond donors (Lipinski definition) is 1. The summed E-state index contributed by atoms with van der Waals surface area (Å²) in [5.74, 6) is 0.141. The highest BCUT2D eigenvalue weighted by atomic mass is 35.5. The Hall–Kier alpha value is -3.56. The van der Waals surface area contributed by atoms with E-state index < -0.39 is 16.1 Å². The van der Waals surface area contributed by atoms with E-state index in [1.807, 2.05) is 62.4 Å². The van der Waals surface area contributed by atoms with Crippen LogP contribution in [0.5, 0.6) is 5.75 Å². The largest absolute Gasteiger partial charge is 0.494 e. The van der Waals surface area contributed by atoms with Crippen molar-refractivity contribution in [1.29, 1.82) is 0 Å². The van der Waals surface area contributed by atoms with Crippen LogP contribution in [0, 0.1) is 0 Å². The van der Waals surface area contributed by atoms with Crippen LogP contribution < -0.4 is 14.4 Å². The molecule has 0 aromatic heterocycles. The van der Waals surface area contributed by atoms with Crippen LogP contribution in [-0.4, -0.2) is 57.1 Å². The lowest BCUT2D eigenvalue weighted by atomic mass is 10.0. The molecule has 0 aliphatic carbocycles. The zero-order chi connectivity index (χ0) is 30.5. The quantitative estimate of drug-likeness (QED) is 0.232. The molecule has 0 unspecified atom stereocenters. The summed E-state index contributed by atoms with van der Waals surface area (Å²) in [6, 6.07) is 22.8. The number of hydrogen-bond acceptors (Lipinski definition) is 5. The van der Waals surface area contributed by atoms with Gasteiger partial charge in [0.15, 0.2) is 0 Å². The van der Waals surface area contributed by atoms with E-state index in [0.29, 0.717) is 36.0 Å². The summed E-state index contributed by atoms with van der Waals surface area (Å²) in [6.07, 6.45) is 2.53. The Labute approximate surface area is 254 Å². The summed E-state index contributed by atoms with van der Waals surface area (Å²) < 4.78 is 32.1. The van der Waals surface area contributed by atoms with Crippen molar-refractivity contribution in [3.63, 3.8) is 0 Å². The predicted molar refractivity (Wildman–Crippen MR) is 168 cm³/mol. The third-order valence-electron chi connectivity index (χ3n) is 6.71. The average molecular weight is 614 g/mol. The topological polar surface area (TPSA) is 96.0 Å². The van der Waals surface area contributed by atoms with Gasteiger partial charge in [0.1, 0.15) is 11.8 Å². The molecule has 0 bridgehead atoms. The van der Waals surface area contributed by atoms with Crippen molar-refractivity contribution in [3.05, 3.63) is 95.0 Å². The molecule has 3 rings (SSSR count). The number of halogens is 1. The molecule has 2 amide bonds. The van der Waals surface area contributed by atoms with Gasteiger partial charge in [-0.15, -0.1) is 0 Å². The second kappa shape index (κ2) is 16.2. The van der Waals surface area contributed by atoms with Crippen LogP contribution >= 0.6 is 11.6 Å². The molecule has 10 heteroatoms. The molecule has 0 radical (unpaired) electrons. The number of sulfonamides is 1. The van der Waals surface area contributed by atoms with Crippen LogP contribution in [-0.2, 0) is 32.6 Å². The number of anilines is 1. The van der Waals surface area contributed by atoms with Crippen LogP contribution in [0.1, 0.15) is 44.2 Å². The maximum atomic E-state index is 13.9. The highest BCUT2D eigenvalue weighted by Crippen LogP contribution is 2.24. The van der Waals surface area contributed by atoms with Crippen LogP contribution in [0.15, 0.2) is 78.9 Å². The highest BCUT2D eigenvalue weighted by molar-refractivity contribution is 7.92. The minimum Gasteiger partial charge on any atom is -0.494 e. The van der Waals surface area contributed by atoms with Gasteiger partial charge in [-0.2, -0.15) is 0 Å². The summed E-state index contributed by atoms with van der Waals surface area (Å²) in [6.45, 7) is 5.08. The van der Waals surface area contributed by atoms with Crippen molar-refractivity contribution in [2.45, 2.75) is 52.1 Å². The zero-order valence-corrected chi connectivity index (χ0v) is 26.0. The van der Waals surface area contributed by atoms with E-state index in [2.05, 4.69) is 5.32 Å². The van der Waals surface area contributed by atoms with Gasteiger partial charge in [0, 0.05) is 37.5 Å². The molecule has 3 aromatic rings. The van der Waals surface area contributed by atoms with Gasteiger partial charge in [0.25, 0.3) is 0 Å². The van der Waals surface area contributed by atoms with Gasteiger partial charge in [0.2, 0.25) is 21.8 Å². The smallest absolute Gasteiger partial charge is 0.243 e. The normalized spacial score (nSPS) is 11.9. The van der Waals surface area contributed by atoms with Crippen molar-refractivity contribution in [2.75, 3.05) is 30.3 Å². The molecule has 0 aliphatic rings. The first-order valence-electron chi connectivity index (χ1n) is 14.2. The van der Waals surface area contributed by atoms with Crippen molar-refractivity contribution < 1.29 is 22.7 Å². The summed E-state index contributed by atoms with van der Waals surface area (Å²) in [7, 11) is -3.61. The number of carbonyl (C=O) groups excluding carboxylic acids is 2. The fraction of sp³-hybridized carbons (Fsp3) is 0.375. The van der Waals surface area contributed by atoms with E-state index >= 15 is 0 Å². The van der Waals surface area contributed by atoms with Crippen LogP contribution in [0.4, 0.5) is 5.69 Å². The first kappa shape index (κ1) is 32.9. The number of carbonyl (C=O) groups is 2. The molecular weight excluding hydrogens is 574 g/mol.